The molecule has 4 rings (SSSR count). The van der Waals surface area contributed by atoms with Gasteiger partial charge in [-0.05, 0) is 60.7 Å². The minimum Gasteiger partial charge on any atom is -0.478 e. The average molecular weight is 438 g/mol. The maximum Gasteiger partial charge on any atom is 0.336 e. The highest BCUT2D eigenvalue weighted by atomic mass is 35.5. The lowest BCUT2D eigenvalue weighted by Gasteiger charge is -2.36. The minimum atomic E-state index is -1.02. The van der Waals surface area contributed by atoms with Crippen LogP contribution in [0.15, 0.2) is 48.5 Å². The monoisotopic (exact) mass is 437 g/mol. The van der Waals surface area contributed by atoms with Crippen LogP contribution in [-0.2, 0) is 0 Å². The number of benzene rings is 2. The number of amides is 1. The Morgan fingerprint density at radius 1 is 1.10 bits per heavy atom. The first kappa shape index (κ1) is 21.1. The number of rotatable bonds is 4. The maximum absolute atomic E-state index is 12.5. The Kier molecular flexibility index (Phi) is 5.83. The Balaban J connectivity index is 1.68. The third kappa shape index (κ3) is 4.64. The van der Waals surface area contributed by atoms with Gasteiger partial charge in [-0.2, -0.15) is 0 Å². The van der Waals surface area contributed by atoms with Gasteiger partial charge >= 0.3 is 5.97 Å². The van der Waals surface area contributed by atoms with Gasteiger partial charge in [-0.3, -0.25) is 4.79 Å². The fourth-order valence-corrected chi connectivity index (χ4v) is 4.50. The lowest BCUT2D eigenvalue weighted by atomic mass is 9.92. The van der Waals surface area contributed by atoms with Gasteiger partial charge in [0.1, 0.15) is 5.82 Å². The number of anilines is 2. The van der Waals surface area contributed by atoms with E-state index in [-0.39, 0.29) is 11.5 Å². The molecule has 0 aliphatic carbocycles. The first-order valence-electron chi connectivity index (χ1n) is 10.3. The number of halogens is 1. The molecule has 3 aromatic rings. The molecule has 0 radical (unpaired) electrons. The van der Waals surface area contributed by atoms with E-state index < -0.39 is 5.97 Å². The number of carbonyl (C=O) groups is 2. The van der Waals surface area contributed by atoms with Crippen LogP contribution < -0.4 is 10.2 Å². The van der Waals surface area contributed by atoms with Gasteiger partial charge in [-0.15, -0.1) is 0 Å². The lowest BCUT2D eigenvalue weighted by molar-refractivity contribution is 0.0698. The van der Waals surface area contributed by atoms with Crippen LogP contribution in [0, 0.1) is 11.8 Å². The highest BCUT2D eigenvalue weighted by Crippen LogP contribution is 2.30. The molecule has 1 aromatic heterocycles. The molecule has 6 nitrogen and oxygen atoms in total. The molecule has 1 fully saturated rings. The molecule has 2 heterocycles. The highest BCUT2D eigenvalue weighted by molar-refractivity contribution is 6.31. The number of aromatic carboxylic acids is 1. The second-order valence-electron chi connectivity index (χ2n) is 8.38. The van der Waals surface area contributed by atoms with Crippen LogP contribution in [0.1, 0.15) is 41.0 Å². The SMILES string of the molecule is C[C@H]1C[C@H](C)CN(c2cc(C(=O)O)c3cc(NC(=O)c4cccc(Cl)c4)ccc3n2)C1. The molecule has 1 saturated heterocycles. The van der Waals surface area contributed by atoms with Crippen molar-refractivity contribution in [1.82, 2.24) is 4.98 Å². The summed E-state index contributed by atoms with van der Waals surface area (Å²) in [5.41, 5.74) is 1.67. The number of nitrogens with zero attached hydrogens (tertiary/aromatic N) is 2. The molecule has 7 heteroatoms. The van der Waals surface area contributed by atoms with Crippen molar-refractivity contribution in [1.29, 1.82) is 0 Å². The normalized spacial score (nSPS) is 18.7. The first-order chi connectivity index (χ1) is 14.8. The molecule has 2 atom stereocenters. The summed E-state index contributed by atoms with van der Waals surface area (Å²) in [5.74, 6) is 0.390. The molecule has 2 aromatic carbocycles. The van der Waals surface area contributed by atoms with Crippen LogP contribution in [0.3, 0.4) is 0 Å². The van der Waals surface area contributed by atoms with E-state index in [1.165, 1.54) is 0 Å². The van der Waals surface area contributed by atoms with Gasteiger partial charge in [0.05, 0.1) is 11.1 Å². The Morgan fingerprint density at radius 2 is 1.84 bits per heavy atom. The Bertz CT molecular complexity index is 1150. The number of nitrogens with one attached hydrogen (secondary N) is 1. The van der Waals surface area contributed by atoms with E-state index in [0.717, 1.165) is 19.5 Å². The standard InChI is InChI=1S/C24H24ClN3O3/c1-14-8-15(2)13-28(12-14)22-11-20(24(30)31)19-10-18(6-7-21(19)27-22)26-23(29)16-4-3-5-17(25)9-16/h3-7,9-11,14-15H,8,12-13H2,1-2H3,(H,26,29)(H,30,31)/t14-,15-/m0/s1. The number of carboxylic acid groups (broad SMARTS) is 1. The van der Waals surface area contributed by atoms with E-state index in [2.05, 4.69) is 24.1 Å². The fraction of sp³-hybridized carbons (Fsp3) is 0.292. The van der Waals surface area contributed by atoms with E-state index >= 15 is 0 Å². The van der Waals surface area contributed by atoms with Crippen LogP contribution in [0.5, 0.6) is 0 Å². The van der Waals surface area contributed by atoms with E-state index in [9.17, 15) is 14.7 Å². The van der Waals surface area contributed by atoms with Gasteiger partial charge in [0.2, 0.25) is 0 Å². The minimum absolute atomic E-state index is 0.171. The van der Waals surface area contributed by atoms with Crippen molar-refractivity contribution in [2.75, 3.05) is 23.3 Å². The molecule has 1 aliphatic rings. The fourth-order valence-electron chi connectivity index (χ4n) is 4.31. The molecule has 2 N–H and O–H groups in total. The topological polar surface area (TPSA) is 82.5 Å². The number of hydrogen-bond acceptors (Lipinski definition) is 4. The third-order valence-corrected chi connectivity index (χ3v) is 5.80. The Labute approximate surface area is 185 Å². The smallest absolute Gasteiger partial charge is 0.336 e. The van der Waals surface area contributed by atoms with Crippen molar-refractivity contribution in [2.45, 2.75) is 20.3 Å². The summed E-state index contributed by atoms with van der Waals surface area (Å²) in [4.78, 5) is 31.5. The summed E-state index contributed by atoms with van der Waals surface area (Å²) in [7, 11) is 0. The van der Waals surface area contributed by atoms with Crippen LogP contribution in [0.25, 0.3) is 10.9 Å². The summed E-state index contributed by atoms with van der Waals surface area (Å²) in [6, 6.07) is 13.4. The van der Waals surface area contributed by atoms with Crippen LogP contribution in [0.2, 0.25) is 5.02 Å². The van der Waals surface area contributed by atoms with Crippen molar-refractivity contribution in [3.8, 4) is 0 Å². The first-order valence-corrected chi connectivity index (χ1v) is 10.7. The quantitative estimate of drug-likeness (QED) is 0.577. The van der Waals surface area contributed by atoms with Gasteiger partial charge in [0, 0.05) is 34.7 Å². The molecular formula is C24H24ClN3O3. The van der Waals surface area contributed by atoms with Crippen molar-refractivity contribution < 1.29 is 14.7 Å². The largest absolute Gasteiger partial charge is 0.478 e. The summed E-state index contributed by atoms with van der Waals surface area (Å²) in [6.45, 7) is 6.12. The van der Waals surface area contributed by atoms with Crippen LogP contribution in [0.4, 0.5) is 11.5 Å². The molecule has 1 aliphatic heterocycles. The number of carboxylic acids is 1. The van der Waals surface area contributed by atoms with E-state index in [1.807, 2.05) is 0 Å². The maximum atomic E-state index is 12.5. The summed E-state index contributed by atoms with van der Waals surface area (Å²) >= 11 is 5.96. The third-order valence-electron chi connectivity index (χ3n) is 5.56. The zero-order chi connectivity index (χ0) is 22.1. The van der Waals surface area contributed by atoms with Crippen molar-refractivity contribution in [3.63, 3.8) is 0 Å². The van der Waals surface area contributed by atoms with Crippen LogP contribution in [-0.4, -0.2) is 35.1 Å². The zero-order valence-electron chi connectivity index (χ0n) is 17.4. The van der Waals surface area contributed by atoms with Crippen LogP contribution >= 0.6 is 11.6 Å². The number of piperidine rings is 1. The predicted molar refractivity (Wildman–Crippen MR) is 123 cm³/mol. The molecule has 0 unspecified atom stereocenters. The number of fused-ring (bicyclic) bond motifs is 1. The van der Waals surface area contributed by atoms with Crippen molar-refractivity contribution in [2.24, 2.45) is 11.8 Å². The van der Waals surface area contributed by atoms with E-state index in [0.29, 0.717) is 44.8 Å². The van der Waals surface area contributed by atoms with Crippen molar-refractivity contribution in [3.05, 3.63) is 64.7 Å². The van der Waals surface area contributed by atoms with Gasteiger partial charge in [0.15, 0.2) is 0 Å². The van der Waals surface area contributed by atoms with E-state index in [4.69, 9.17) is 16.6 Å². The molecule has 160 valence electrons. The molecule has 0 bridgehead atoms. The van der Waals surface area contributed by atoms with Gasteiger partial charge < -0.3 is 15.3 Å². The van der Waals surface area contributed by atoms with E-state index in [1.54, 1.807) is 48.5 Å². The molecule has 1 amide bonds. The molecule has 0 saturated carbocycles. The number of carbonyl (C=O) groups excluding carboxylic acids is 1. The number of hydrogen-bond donors (Lipinski definition) is 2. The molecule has 0 spiro atoms. The van der Waals surface area contributed by atoms with Gasteiger partial charge in [0.25, 0.3) is 5.91 Å². The van der Waals surface area contributed by atoms with Gasteiger partial charge in [-0.25, -0.2) is 9.78 Å². The molecular weight excluding hydrogens is 414 g/mol. The van der Waals surface area contributed by atoms with Crippen molar-refractivity contribution >= 4 is 45.9 Å². The summed E-state index contributed by atoms with van der Waals surface area (Å²) in [6.07, 6.45) is 1.16. The molecule has 31 heavy (non-hydrogen) atoms. The second kappa shape index (κ2) is 8.55. The summed E-state index contributed by atoms with van der Waals surface area (Å²) < 4.78 is 0. The highest BCUT2D eigenvalue weighted by Gasteiger charge is 2.24. The van der Waals surface area contributed by atoms with Gasteiger partial charge in [-0.1, -0.05) is 31.5 Å². The average Bonchev–Trinajstić information content (AvgIpc) is 2.72. The lowest BCUT2D eigenvalue weighted by Crippen LogP contribution is -2.39. The predicted octanol–water partition coefficient (Wildman–Crippen LogP) is 5.32. The Hall–Kier alpha value is -3.12. The Morgan fingerprint density at radius 3 is 2.52 bits per heavy atom. The summed E-state index contributed by atoms with van der Waals surface area (Å²) in [5, 5.41) is 13.6. The number of pyridine rings is 1. The number of aromatic nitrogens is 1. The zero-order valence-corrected chi connectivity index (χ0v) is 18.2. The second-order valence-corrected chi connectivity index (χ2v) is 8.82.